The summed E-state index contributed by atoms with van der Waals surface area (Å²) in [6.07, 6.45) is 7.56. The van der Waals surface area contributed by atoms with E-state index < -0.39 is 0 Å². The number of carbonyl (C=O) groups is 1. The number of anilines is 2. The van der Waals surface area contributed by atoms with Gasteiger partial charge in [-0.2, -0.15) is 10.2 Å². The molecule has 6 heteroatoms. The topological polar surface area (TPSA) is 61.4 Å². The molecule has 1 aliphatic carbocycles. The molecule has 1 saturated heterocycles. The van der Waals surface area contributed by atoms with Crippen LogP contribution in [0.4, 0.5) is 11.4 Å². The molecule has 2 fully saturated rings. The first kappa shape index (κ1) is 25.5. The smallest absolute Gasteiger partial charge is 0.257 e. The van der Waals surface area contributed by atoms with E-state index in [9.17, 15) is 4.79 Å². The normalized spacial score (nSPS) is 22.1. The van der Waals surface area contributed by atoms with Crippen LogP contribution in [0, 0.1) is 5.92 Å². The number of piperazine rings is 1. The van der Waals surface area contributed by atoms with Crippen LogP contribution >= 0.6 is 0 Å². The third-order valence-electron chi connectivity index (χ3n) is 8.79. The number of aromatic nitrogens is 2. The molecule has 0 radical (unpaired) electrons. The van der Waals surface area contributed by atoms with Gasteiger partial charge in [0.05, 0.1) is 17.3 Å². The zero-order valence-electron chi connectivity index (χ0n) is 22.7. The van der Waals surface area contributed by atoms with Crippen molar-refractivity contribution in [2.45, 2.75) is 44.6 Å². The van der Waals surface area contributed by atoms with Crippen LogP contribution in [0.15, 0.2) is 85.1 Å². The van der Waals surface area contributed by atoms with Gasteiger partial charge < -0.3 is 10.2 Å². The van der Waals surface area contributed by atoms with Gasteiger partial charge in [-0.3, -0.25) is 9.69 Å². The minimum absolute atomic E-state index is 0.156. The minimum atomic E-state index is -0.156. The molecule has 6 nitrogen and oxygen atoms in total. The van der Waals surface area contributed by atoms with E-state index in [1.807, 2.05) is 30.3 Å². The lowest BCUT2D eigenvalue weighted by molar-refractivity contribution is 0.0332. The minimum Gasteiger partial charge on any atom is -0.369 e. The molecule has 6 rings (SSSR count). The highest BCUT2D eigenvalue weighted by atomic mass is 16.1. The van der Waals surface area contributed by atoms with Gasteiger partial charge in [-0.1, -0.05) is 55.5 Å². The molecule has 3 aromatic carbocycles. The number of nitrogens with one attached hydrogen (secondary N) is 1. The van der Waals surface area contributed by atoms with E-state index >= 15 is 0 Å². The van der Waals surface area contributed by atoms with Gasteiger partial charge in [-0.05, 0) is 73.9 Å². The lowest BCUT2D eigenvalue weighted by atomic mass is 9.72. The molecule has 200 valence electrons. The van der Waals surface area contributed by atoms with Gasteiger partial charge in [0.1, 0.15) is 0 Å². The maximum Gasteiger partial charge on any atom is 0.257 e. The van der Waals surface area contributed by atoms with Crippen molar-refractivity contribution < 1.29 is 4.79 Å². The van der Waals surface area contributed by atoms with E-state index in [0.717, 1.165) is 55.1 Å². The Hall–Kier alpha value is -3.77. The van der Waals surface area contributed by atoms with Gasteiger partial charge in [-0.15, -0.1) is 0 Å². The van der Waals surface area contributed by atoms with E-state index in [-0.39, 0.29) is 11.4 Å². The number of hydrogen-bond donors (Lipinski definition) is 1. The first-order chi connectivity index (χ1) is 19.1. The Morgan fingerprint density at radius 3 is 2.46 bits per heavy atom. The van der Waals surface area contributed by atoms with Crippen LogP contribution in [0.2, 0.25) is 0 Å². The van der Waals surface area contributed by atoms with Crippen LogP contribution < -0.4 is 10.2 Å². The van der Waals surface area contributed by atoms with Crippen molar-refractivity contribution in [2.24, 2.45) is 5.92 Å². The van der Waals surface area contributed by atoms with Crippen LogP contribution in [0.5, 0.6) is 0 Å². The molecule has 1 N–H and O–H groups in total. The third-order valence-corrected chi connectivity index (χ3v) is 8.79. The maximum absolute atomic E-state index is 13.2. The van der Waals surface area contributed by atoms with E-state index in [1.54, 1.807) is 6.20 Å². The Kier molecular flexibility index (Phi) is 7.29. The van der Waals surface area contributed by atoms with Gasteiger partial charge in [0, 0.05) is 48.5 Å². The maximum atomic E-state index is 13.2. The lowest BCUT2D eigenvalue weighted by Crippen LogP contribution is -2.59. The number of para-hydroxylation sites is 1. The van der Waals surface area contributed by atoms with Gasteiger partial charge >= 0.3 is 0 Å². The van der Waals surface area contributed by atoms with Gasteiger partial charge in [0.2, 0.25) is 0 Å². The molecule has 0 bridgehead atoms. The summed E-state index contributed by atoms with van der Waals surface area (Å²) in [5.74, 6) is 0.634. The zero-order valence-corrected chi connectivity index (χ0v) is 22.7. The van der Waals surface area contributed by atoms with Gasteiger partial charge in [-0.25, -0.2) is 0 Å². The molecule has 1 saturated carbocycles. The van der Waals surface area contributed by atoms with E-state index in [4.69, 9.17) is 0 Å². The Balaban J connectivity index is 1.19. The molecule has 0 unspecified atom stereocenters. The molecule has 0 spiro atoms. The molecule has 2 heterocycles. The van der Waals surface area contributed by atoms with Crippen molar-refractivity contribution in [3.63, 3.8) is 0 Å². The predicted molar refractivity (Wildman–Crippen MR) is 158 cm³/mol. The van der Waals surface area contributed by atoms with Crippen LogP contribution in [0.3, 0.4) is 0 Å². The van der Waals surface area contributed by atoms with Crippen LogP contribution in [0.1, 0.15) is 48.5 Å². The summed E-state index contributed by atoms with van der Waals surface area (Å²) in [6, 6.07) is 26.8. The van der Waals surface area contributed by atoms with E-state index in [0.29, 0.717) is 5.56 Å². The Morgan fingerprint density at radius 2 is 1.67 bits per heavy atom. The molecule has 4 aromatic rings. The molecule has 1 amide bonds. The predicted octanol–water partition coefficient (Wildman–Crippen LogP) is 6.20. The second-order valence-electron chi connectivity index (χ2n) is 11.3. The van der Waals surface area contributed by atoms with Gasteiger partial charge in [0.15, 0.2) is 0 Å². The first-order valence-corrected chi connectivity index (χ1v) is 14.3. The second kappa shape index (κ2) is 11.1. The zero-order chi connectivity index (χ0) is 26.7. The highest BCUT2D eigenvalue weighted by molar-refractivity contribution is 6.11. The fourth-order valence-electron chi connectivity index (χ4n) is 6.51. The Morgan fingerprint density at radius 1 is 0.923 bits per heavy atom. The average molecular weight is 520 g/mol. The number of hydrogen-bond acceptors (Lipinski definition) is 5. The number of benzene rings is 3. The number of rotatable bonds is 6. The van der Waals surface area contributed by atoms with E-state index in [2.05, 4.69) is 80.8 Å². The molecule has 39 heavy (non-hydrogen) atoms. The van der Waals surface area contributed by atoms with Gasteiger partial charge in [0.25, 0.3) is 5.91 Å². The number of fused-ring (bicyclic) bond motifs is 1. The molecule has 0 atom stereocenters. The van der Waals surface area contributed by atoms with Crippen molar-refractivity contribution in [1.29, 1.82) is 0 Å². The second-order valence-corrected chi connectivity index (χ2v) is 11.3. The Bertz CT molecular complexity index is 1420. The van der Waals surface area contributed by atoms with Crippen molar-refractivity contribution >= 4 is 28.2 Å². The van der Waals surface area contributed by atoms with Crippen molar-refractivity contribution in [2.75, 3.05) is 36.4 Å². The first-order valence-electron chi connectivity index (χ1n) is 14.3. The summed E-state index contributed by atoms with van der Waals surface area (Å²) in [6.45, 7) is 6.69. The molecule has 2 aliphatic rings. The molecular formula is C33H37N5O. The SMILES string of the molecule is CC1CCC(Cc2cccc(NC(=O)c3cnnc4ccccc34)c2)(N2CCN(c3ccccc3)CC2)CC1. The summed E-state index contributed by atoms with van der Waals surface area (Å²) in [5, 5.41) is 12.1. The van der Waals surface area contributed by atoms with Crippen molar-refractivity contribution in [3.05, 3.63) is 96.2 Å². The van der Waals surface area contributed by atoms with E-state index in [1.165, 1.54) is 36.9 Å². The summed E-state index contributed by atoms with van der Waals surface area (Å²) in [5.41, 5.74) is 4.87. The summed E-state index contributed by atoms with van der Waals surface area (Å²) < 4.78 is 0. The quantitative estimate of drug-likeness (QED) is 0.329. The van der Waals surface area contributed by atoms with Crippen LogP contribution in [0.25, 0.3) is 10.9 Å². The number of nitrogens with zero attached hydrogens (tertiary/aromatic N) is 4. The fraction of sp³-hybridized carbons (Fsp3) is 0.364. The molecule has 1 aromatic heterocycles. The fourth-order valence-corrected chi connectivity index (χ4v) is 6.51. The number of carbonyl (C=O) groups excluding carboxylic acids is 1. The van der Waals surface area contributed by atoms with Crippen molar-refractivity contribution in [3.8, 4) is 0 Å². The average Bonchev–Trinajstić information content (AvgIpc) is 2.99. The standard InChI is InChI=1S/C33H37N5O/c1-25-14-16-33(17-15-25,38-20-18-37(19-21-38)28-10-3-2-4-11-28)23-26-8-7-9-27(22-26)35-32(39)30-24-34-36-31-13-6-5-12-29(30)31/h2-13,22,24-25H,14-21,23H2,1H3,(H,35,39). The number of amides is 1. The molecule has 1 aliphatic heterocycles. The summed E-state index contributed by atoms with van der Waals surface area (Å²) >= 11 is 0. The van der Waals surface area contributed by atoms with Crippen molar-refractivity contribution in [1.82, 2.24) is 15.1 Å². The highest BCUT2D eigenvalue weighted by Gasteiger charge is 2.40. The third kappa shape index (κ3) is 5.52. The molecular weight excluding hydrogens is 482 g/mol. The summed E-state index contributed by atoms with van der Waals surface area (Å²) in [7, 11) is 0. The lowest BCUT2D eigenvalue weighted by Gasteiger charge is -2.51. The monoisotopic (exact) mass is 519 g/mol. The van der Waals surface area contributed by atoms with Crippen LogP contribution in [-0.4, -0.2) is 52.7 Å². The Labute approximate surface area is 231 Å². The highest BCUT2D eigenvalue weighted by Crippen LogP contribution is 2.40. The largest absolute Gasteiger partial charge is 0.369 e. The van der Waals surface area contributed by atoms with Crippen LogP contribution in [-0.2, 0) is 6.42 Å². The summed E-state index contributed by atoms with van der Waals surface area (Å²) in [4.78, 5) is 18.5.